The highest BCUT2D eigenvalue weighted by molar-refractivity contribution is 5.89. The van der Waals surface area contributed by atoms with E-state index in [0.29, 0.717) is 35.1 Å². The standard InChI is InChI=1S/C25H23FN2O5/c26-21-12-16(14-27-9-2-5-23(27)29)22(13-20(21)25(31)32)33-18-6-7-19-15(11-18)8-10-28(24(19)30)17-3-1-4-17/h6-8,10-13,17H,1-5,9,14H2,(H,31,32). The van der Waals surface area contributed by atoms with E-state index in [1.54, 1.807) is 33.9 Å². The van der Waals surface area contributed by atoms with Crippen LogP contribution in [0.5, 0.6) is 11.5 Å². The summed E-state index contributed by atoms with van der Waals surface area (Å²) in [6.07, 6.45) is 6.10. The van der Waals surface area contributed by atoms with Crippen molar-refractivity contribution < 1.29 is 23.8 Å². The van der Waals surface area contributed by atoms with Crippen molar-refractivity contribution in [2.75, 3.05) is 6.54 Å². The number of benzene rings is 2. The number of pyridine rings is 1. The zero-order valence-electron chi connectivity index (χ0n) is 17.9. The molecule has 1 aliphatic carbocycles. The summed E-state index contributed by atoms with van der Waals surface area (Å²) in [5.74, 6) is -1.77. The molecule has 1 aliphatic heterocycles. The molecule has 0 bridgehead atoms. The largest absolute Gasteiger partial charge is 0.478 e. The van der Waals surface area contributed by atoms with Gasteiger partial charge in [0, 0.05) is 42.7 Å². The van der Waals surface area contributed by atoms with Crippen molar-refractivity contribution in [3.05, 3.63) is 69.9 Å². The molecule has 1 saturated carbocycles. The van der Waals surface area contributed by atoms with Crippen molar-refractivity contribution in [2.45, 2.75) is 44.7 Å². The van der Waals surface area contributed by atoms with Crippen molar-refractivity contribution in [2.24, 2.45) is 0 Å². The number of rotatable bonds is 6. The highest BCUT2D eigenvalue weighted by Gasteiger charge is 2.24. The van der Waals surface area contributed by atoms with Crippen molar-refractivity contribution >= 4 is 22.6 Å². The lowest BCUT2D eigenvalue weighted by atomic mass is 9.92. The van der Waals surface area contributed by atoms with Gasteiger partial charge >= 0.3 is 5.97 Å². The van der Waals surface area contributed by atoms with Crippen LogP contribution in [0.3, 0.4) is 0 Å². The minimum atomic E-state index is -1.41. The quantitative estimate of drug-likeness (QED) is 0.598. The van der Waals surface area contributed by atoms with E-state index in [9.17, 15) is 23.9 Å². The molecule has 2 aliphatic rings. The minimum absolute atomic E-state index is 0.0304. The number of halogens is 1. The average Bonchev–Trinajstić information content (AvgIpc) is 3.14. The summed E-state index contributed by atoms with van der Waals surface area (Å²) in [7, 11) is 0. The Morgan fingerprint density at radius 3 is 2.61 bits per heavy atom. The van der Waals surface area contributed by atoms with Crippen molar-refractivity contribution in [1.29, 1.82) is 0 Å². The fourth-order valence-corrected chi connectivity index (χ4v) is 4.44. The Balaban J connectivity index is 1.50. The molecule has 1 aromatic heterocycles. The minimum Gasteiger partial charge on any atom is -0.478 e. The van der Waals surface area contributed by atoms with Gasteiger partial charge in [0.2, 0.25) is 5.91 Å². The fraction of sp³-hybridized carbons (Fsp3) is 0.320. The summed E-state index contributed by atoms with van der Waals surface area (Å²) in [6, 6.07) is 9.41. The molecule has 8 heteroatoms. The number of likely N-dealkylation sites (tertiary alicyclic amines) is 1. The molecule has 1 N–H and O–H groups in total. The number of carbonyl (C=O) groups is 2. The molecule has 33 heavy (non-hydrogen) atoms. The normalized spacial score (nSPS) is 16.3. The molecule has 2 aromatic carbocycles. The summed E-state index contributed by atoms with van der Waals surface area (Å²) < 4.78 is 22.2. The van der Waals surface area contributed by atoms with Gasteiger partial charge in [0.25, 0.3) is 5.56 Å². The molecule has 1 amide bonds. The van der Waals surface area contributed by atoms with E-state index in [0.717, 1.165) is 37.8 Å². The maximum atomic E-state index is 14.4. The number of carboxylic acids is 1. The molecule has 0 spiro atoms. The number of hydrogen-bond donors (Lipinski definition) is 1. The highest BCUT2D eigenvalue weighted by Crippen LogP contribution is 2.33. The Morgan fingerprint density at radius 1 is 1.12 bits per heavy atom. The van der Waals surface area contributed by atoms with Crippen LogP contribution in [0.2, 0.25) is 0 Å². The van der Waals surface area contributed by atoms with Crippen LogP contribution in [-0.2, 0) is 11.3 Å². The van der Waals surface area contributed by atoms with Gasteiger partial charge in [-0.05, 0) is 67.5 Å². The van der Waals surface area contributed by atoms with Gasteiger partial charge in [-0.2, -0.15) is 0 Å². The lowest BCUT2D eigenvalue weighted by Crippen LogP contribution is -2.28. The monoisotopic (exact) mass is 450 g/mol. The molecule has 5 rings (SSSR count). The van der Waals surface area contributed by atoms with Gasteiger partial charge in [0.05, 0.1) is 5.56 Å². The number of fused-ring (bicyclic) bond motifs is 1. The molecule has 0 atom stereocenters. The van der Waals surface area contributed by atoms with Gasteiger partial charge in [-0.1, -0.05) is 0 Å². The van der Waals surface area contributed by atoms with Crippen LogP contribution in [0.1, 0.15) is 54.1 Å². The van der Waals surface area contributed by atoms with Gasteiger partial charge in [-0.15, -0.1) is 0 Å². The van der Waals surface area contributed by atoms with E-state index in [1.165, 1.54) is 0 Å². The van der Waals surface area contributed by atoms with Gasteiger partial charge in [-0.3, -0.25) is 9.59 Å². The maximum absolute atomic E-state index is 14.4. The predicted octanol–water partition coefficient (Wildman–Crippen LogP) is 4.48. The Bertz CT molecular complexity index is 1330. The van der Waals surface area contributed by atoms with Gasteiger partial charge in [-0.25, -0.2) is 9.18 Å². The number of aromatic nitrogens is 1. The molecule has 3 aromatic rings. The number of amides is 1. The smallest absolute Gasteiger partial charge is 0.338 e. The second-order valence-corrected chi connectivity index (χ2v) is 8.63. The molecule has 0 radical (unpaired) electrons. The van der Waals surface area contributed by atoms with E-state index in [-0.39, 0.29) is 29.8 Å². The van der Waals surface area contributed by atoms with Crippen molar-refractivity contribution in [3.8, 4) is 11.5 Å². The average molecular weight is 450 g/mol. The predicted molar refractivity (Wildman–Crippen MR) is 119 cm³/mol. The zero-order valence-corrected chi connectivity index (χ0v) is 17.9. The molecule has 7 nitrogen and oxygen atoms in total. The molecular weight excluding hydrogens is 427 g/mol. The molecule has 2 fully saturated rings. The Labute approximate surface area is 189 Å². The van der Waals surface area contributed by atoms with Crippen LogP contribution in [0, 0.1) is 5.82 Å². The van der Waals surface area contributed by atoms with Crippen LogP contribution in [0.25, 0.3) is 10.8 Å². The summed E-state index contributed by atoms with van der Waals surface area (Å²) in [4.78, 5) is 38.0. The summed E-state index contributed by atoms with van der Waals surface area (Å²) in [5.41, 5.74) is -0.175. The van der Waals surface area contributed by atoms with E-state index in [2.05, 4.69) is 0 Å². The molecule has 170 valence electrons. The lowest BCUT2D eigenvalue weighted by molar-refractivity contribution is -0.128. The fourth-order valence-electron chi connectivity index (χ4n) is 4.44. The number of carbonyl (C=O) groups excluding carboxylic acids is 1. The summed E-state index contributed by atoms with van der Waals surface area (Å²) in [6.45, 7) is 0.689. The molecule has 0 unspecified atom stereocenters. The van der Waals surface area contributed by atoms with E-state index >= 15 is 0 Å². The van der Waals surface area contributed by atoms with E-state index < -0.39 is 17.3 Å². The number of nitrogens with zero attached hydrogens (tertiary/aromatic N) is 2. The second-order valence-electron chi connectivity index (χ2n) is 8.63. The number of carboxylic acid groups (broad SMARTS) is 1. The van der Waals surface area contributed by atoms with Gasteiger partial charge in [0.15, 0.2) is 0 Å². The Morgan fingerprint density at radius 2 is 1.94 bits per heavy atom. The summed E-state index contributed by atoms with van der Waals surface area (Å²) >= 11 is 0. The SMILES string of the molecule is O=C(O)c1cc(Oc2ccc3c(=O)n(C4CCC4)ccc3c2)c(CN2CCCC2=O)cc1F. The van der Waals surface area contributed by atoms with Crippen LogP contribution < -0.4 is 10.3 Å². The second kappa shape index (κ2) is 8.35. The van der Waals surface area contributed by atoms with Crippen LogP contribution >= 0.6 is 0 Å². The zero-order chi connectivity index (χ0) is 23.1. The first-order chi connectivity index (χ1) is 15.9. The maximum Gasteiger partial charge on any atom is 0.338 e. The first-order valence-electron chi connectivity index (χ1n) is 11.1. The molecule has 2 heterocycles. The van der Waals surface area contributed by atoms with Crippen molar-refractivity contribution in [3.63, 3.8) is 0 Å². The Kier molecular flexibility index (Phi) is 5.36. The first kappa shape index (κ1) is 21.2. The highest BCUT2D eigenvalue weighted by atomic mass is 19.1. The van der Waals surface area contributed by atoms with Gasteiger partial charge < -0.3 is 19.3 Å². The van der Waals surface area contributed by atoms with Crippen LogP contribution in [0.15, 0.2) is 47.4 Å². The third kappa shape index (κ3) is 3.97. The molecule has 1 saturated heterocycles. The van der Waals surface area contributed by atoms with E-state index in [4.69, 9.17) is 4.74 Å². The van der Waals surface area contributed by atoms with Crippen LogP contribution in [-0.4, -0.2) is 33.0 Å². The lowest BCUT2D eigenvalue weighted by Gasteiger charge is -2.27. The van der Waals surface area contributed by atoms with E-state index in [1.807, 2.05) is 6.07 Å². The number of hydrogen-bond acceptors (Lipinski definition) is 4. The van der Waals surface area contributed by atoms with Crippen molar-refractivity contribution in [1.82, 2.24) is 9.47 Å². The number of aromatic carboxylic acids is 1. The Hall–Kier alpha value is -3.68. The van der Waals surface area contributed by atoms with Crippen LogP contribution in [0.4, 0.5) is 4.39 Å². The third-order valence-corrected chi connectivity index (χ3v) is 6.51. The molecular formula is C25H23FN2O5. The first-order valence-corrected chi connectivity index (χ1v) is 11.1. The topological polar surface area (TPSA) is 88.8 Å². The number of ether oxygens (including phenoxy) is 1. The summed E-state index contributed by atoms with van der Waals surface area (Å²) in [5, 5.41) is 10.6. The van der Waals surface area contributed by atoms with Gasteiger partial charge in [0.1, 0.15) is 17.3 Å². The third-order valence-electron chi connectivity index (χ3n) is 6.51.